The number of hydrogen-bond donors (Lipinski definition) is 1. The maximum Gasteiger partial charge on any atom is 0.245 e. The highest BCUT2D eigenvalue weighted by atomic mass is 19.1. The van der Waals surface area contributed by atoms with Crippen LogP contribution in [0.3, 0.4) is 0 Å². The Kier molecular flexibility index (Phi) is 6.26. The van der Waals surface area contributed by atoms with E-state index in [2.05, 4.69) is 30.3 Å². The number of nitrogens with zero attached hydrogens (tertiary/aromatic N) is 6. The minimum atomic E-state index is -0.585. The molecule has 3 aromatic carbocycles. The van der Waals surface area contributed by atoms with E-state index in [0.29, 0.717) is 35.6 Å². The Morgan fingerprint density at radius 2 is 1.76 bits per heavy atom. The highest BCUT2D eigenvalue weighted by Crippen LogP contribution is 2.33. The number of hydrogen-bond acceptors (Lipinski definition) is 8. The van der Waals surface area contributed by atoms with Crippen molar-refractivity contribution in [3.8, 4) is 22.6 Å². The average Bonchev–Trinajstić information content (AvgIpc) is 3.44. The minimum absolute atomic E-state index is 0.0815. The largest absolute Gasteiger partial charge is 0.494 e. The van der Waals surface area contributed by atoms with Gasteiger partial charge in [-0.3, -0.25) is 0 Å². The molecule has 1 aliphatic rings. The zero-order chi connectivity index (χ0) is 26.1. The molecule has 5 aromatic rings. The summed E-state index contributed by atoms with van der Waals surface area (Å²) in [5.41, 5.74) is 2.47. The summed E-state index contributed by atoms with van der Waals surface area (Å²) in [7, 11) is 1.38. The zero-order valence-corrected chi connectivity index (χ0v) is 20.4. The Balaban J connectivity index is 1.26. The maximum absolute atomic E-state index is 14.9. The molecular weight excluding hydrogens is 492 g/mol. The van der Waals surface area contributed by atoms with Gasteiger partial charge in [-0.25, -0.2) is 23.4 Å². The number of morpholine rings is 1. The molecule has 6 rings (SSSR count). The SMILES string of the molecule is COc1ccc(-c2c(F)ccc3cnc(Nc4ccc(-n5cnc(N6CCOCC6)n5)cc4)nc23)cc1F. The van der Waals surface area contributed by atoms with Crippen molar-refractivity contribution in [3.05, 3.63) is 78.8 Å². The lowest BCUT2D eigenvalue weighted by Gasteiger charge is -2.25. The summed E-state index contributed by atoms with van der Waals surface area (Å²) in [6, 6.07) is 14.7. The number of nitrogens with one attached hydrogen (secondary N) is 1. The number of halogens is 2. The molecule has 0 unspecified atom stereocenters. The first-order valence-corrected chi connectivity index (χ1v) is 12.0. The molecule has 0 amide bonds. The highest BCUT2D eigenvalue weighted by molar-refractivity contribution is 5.94. The number of fused-ring (bicyclic) bond motifs is 1. The third kappa shape index (κ3) is 4.59. The van der Waals surface area contributed by atoms with Gasteiger partial charge in [0.25, 0.3) is 0 Å². The van der Waals surface area contributed by atoms with E-state index in [4.69, 9.17) is 9.47 Å². The third-order valence-corrected chi connectivity index (χ3v) is 6.30. The van der Waals surface area contributed by atoms with Gasteiger partial charge in [-0.05, 0) is 54.1 Å². The summed E-state index contributed by atoms with van der Waals surface area (Å²) in [5.74, 6) is -0.0713. The number of ether oxygens (including phenoxy) is 2. The van der Waals surface area contributed by atoms with Gasteiger partial charge in [-0.1, -0.05) is 6.07 Å². The normalized spacial score (nSPS) is 13.6. The highest BCUT2D eigenvalue weighted by Gasteiger charge is 2.17. The number of aromatic nitrogens is 5. The molecule has 0 atom stereocenters. The summed E-state index contributed by atoms with van der Waals surface area (Å²) in [6.07, 6.45) is 3.28. The van der Waals surface area contributed by atoms with Crippen molar-refractivity contribution in [1.82, 2.24) is 24.7 Å². The van der Waals surface area contributed by atoms with Crippen LogP contribution in [0.4, 0.5) is 26.4 Å². The van der Waals surface area contributed by atoms with Crippen LogP contribution < -0.4 is 15.0 Å². The summed E-state index contributed by atoms with van der Waals surface area (Å²) >= 11 is 0. The maximum atomic E-state index is 14.9. The van der Waals surface area contributed by atoms with E-state index in [1.54, 1.807) is 29.3 Å². The second kappa shape index (κ2) is 10.0. The quantitative estimate of drug-likeness (QED) is 0.347. The lowest BCUT2D eigenvalue weighted by atomic mass is 10.0. The summed E-state index contributed by atoms with van der Waals surface area (Å²) in [6.45, 7) is 2.85. The molecule has 0 aliphatic carbocycles. The summed E-state index contributed by atoms with van der Waals surface area (Å²) in [5, 5.41) is 8.36. The molecule has 1 fully saturated rings. The van der Waals surface area contributed by atoms with Crippen molar-refractivity contribution in [3.63, 3.8) is 0 Å². The molecule has 0 spiro atoms. The van der Waals surface area contributed by atoms with E-state index in [-0.39, 0.29) is 17.3 Å². The Morgan fingerprint density at radius 3 is 2.53 bits per heavy atom. The van der Waals surface area contributed by atoms with Crippen LogP contribution in [0.2, 0.25) is 0 Å². The monoisotopic (exact) mass is 515 g/mol. The van der Waals surface area contributed by atoms with Gasteiger partial charge < -0.3 is 19.7 Å². The first-order chi connectivity index (χ1) is 18.6. The molecular formula is C27H23F2N7O2. The lowest BCUT2D eigenvalue weighted by molar-refractivity contribution is 0.122. The van der Waals surface area contributed by atoms with Gasteiger partial charge in [0.2, 0.25) is 11.9 Å². The fourth-order valence-corrected chi connectivity index (χ4v) is 4.34. The Bertz CT molecular complexity index is 1600. The van der Waals surface area contributed by atoms with E-state index < -0.39 is 11.6 Å². The van der Waals surface area contributed by atoms with Crippen LogP contribution in [-0.4, -0.2) is 58.1 Å². The fraction of sp³-hybridized carbons (Fsp3) is 0.185. The van der Waals surface area contributed by atoms with Crippen molar-refractivity contribution in [2.45, 2.75) is 0 Å². The summed E-state index contributed by atoms with van der Waals surface area (Å²) in [4.78, 5) is 15.4. The van der Waals surface area contributed by atoms with Gasteiger partial charge in [-0.15, -0.1) is 5.10 Å². The van der Waals surface area contributed by atoms with E-state index in [0.717, 1.165) is 24.5 Å². The average molecular weight is 516 g/mol. The van der Waals surface area contributed by atoms with Crippen LogP contribution in [0.15, 0.2) is 67.1 Å². The van der Waals surface area contributed by atoms with Crippen LogP contribution in [0, 0.1) is 11.6 Å². The number of anilines is 3. The molecule has 38 heavy (non-hydrogen) atoms. The Hall–Kier alpha value is -4.64. The number of methoxy groups -OCH3 is 1. The molecule has 3 heterocycles. The van der Waals surface area contributed by atoms with Crippen molar-refractivity contribution in [2.75, 3.05) is 43.6 Å². The lowest BCUT2D eigenvalue weighted by Crippen LogP contribution is -2.37. The second-order valence-corrected chi connectivity index (χ2v) is 8.66. The molecule has 9 nitrogen and oxygen atoms in total. The molecule has 0 saturated carbocycles. The van der Waals surface area contributed by atoms with E-state index in [1.807, 2.05) is 24.3 Å². The standard InChI is InChI=1S/C27H23F2N7O2/c1-37-23-9-3-17(14-22(23)29)24-21(28)8-2-18-15-30-26(33-25(18)24)32-19-4-6-20(7-5-19)36-16-31-27(34-36)35-10-12-38-13-11-35/h2-9,14-16H,10-13H2,1H3,(H,30,32,33). The molecule has 11 heteroatoms. The van der Waals surface area contributed by atoms with Crippen LogP contribution in [0.1, 0.15) is 0 Å². The van der Waals surface area contributed by atoms with Crippen molar-refractivity contribution in [1.29, 1.82) is 0 Å². The minimum Gasteiger partial charge on any atom is -0.494 e. The molecule has 2 aromatic heterocycles. The van der Waals surface area contributed by atoms with Gasteiger partial charge >= 0.3 is 0 Å². The Labute approximate surface area is 216 Å². The van der Waals surface area contributed by atoms with Crippen molar-refractivity contribution >= 4 is 28.5 Å². The molecule has 0 radical (unpaired) electrons. The smallest absolute Gasteiger partial charge is 0.245 e. The van der Waals surface area contributed by atoms with E-state index in [9.17, 15) is 8.78 Å². The molecule has 0 bridgehead atoms. The molecule has 192 valence electrons. The number of rotatable bonds is 6. The van der Waals surface area contributed by atoms with Crippen molar-refractivity contribution < 1.29 is 18.3 Å². The molecule has 1 aliphatic heterocycles. The molecule has 1 saturated heterocycles. The van der Waals surface area contributed by atoms with Crippen LogP contribution in [0.25, 0.3) is 27.7 Å². The fourth-order valence-electron chi connectivity index (χ4n) is 4.34. The van der Waals surface area contributed by atoms with Crippen molar-refractivity contribution in [2.24, 2.45) is 0 Å². The van der Waals surface area contributed by atoms with Gasteiger partial charge in [0.15, 0.2) is 11.6 Å². The predicted molar refractivity (Wildman–Crippen MR) is 139 cm³/mol. The van der Waals surface area contributed by atoms with Gasteiger partial charge in [-0.2, -0.15) is 4.98 Å². The van der Waals surface area contributed by atoms with E-state index in [1.165, 1.54) is 25.3 Å². The summed E-state index contributed by atoms with van der Waals surface area (Å²) < 4.78 is 41.4. The van der Waals surface area contributed by atoms with Gasteiger partial charge in [0.1, 0.15) is 12.1 Å². The van der Waals surface area contributed by atoms with Crippen LogP contribution >= 0.6 is 0 Å². The van der Waals surface area contributed by atoms with Crippen LogP contribution in [0.5, 0.6) is 5.75 Å². The topological polar surface area (TPSA) is 90.2 Å². The first-order valence-electron chi connectivity index (χ1n) is 12.0. The van der Waals surface area contributed by atoms with E-state index >= 15 is 0 Å². The Morgan fingerprint density at radius 1 is 0.947 bits per heavy atom. The molecule has 1 N–H and O–H groups in total. The van der Waals surface area contributed by atoms with Gasteiger partial charge in [0.05, 0.1) is 31.5 Å². The number of benzene rings is 3. The predicted octanol–water partition coefficient (Wildman–Crippen LogP) is 4.74. The third-order valence-electron chi connectivity index (χ3n) is 6.30. The van der Waals surface area contributed by atoms with Crippen LogP contribution in [-0.2, 0) is 4.74 Å². The zero-order valence-electron chi connectivity index (χ0n) is 20.4. The van der Waals surface area contributed by atoms with Gasteiger partial charge in [0, 0.05) is 35.9 Å². The second-order valence-electron chi connectivity index (χ2n) is 8.66. The first kappa shape index (κ1) is 23.7.